The third-order valence-corrected chi connectivity index (χ3v) is 3.74. The first kappa shape index (κ1) is 14.1. The molecule has 0 radical (unpaired) electrons. The molecule has 1 aromatic carbocycles. The van der Waals surface area contributed by atoms with Gasteiger partial charge in [0.15, 0.2) is 5.69 Å². The van der Waals surface area contributed by atoms with E-state index in [1.165, 1.54) is 0 Å². The second-order valence-electron chi connectivity index (χ2n) is 5.02. The van der Waals surface area contributed by atoms with E-state index in [4.69, 9.17) is 11.6 Å². The van der Waals surface area contributed by atoms with Crippen molar-refractivity contribution in [2.75, 3.05) is 26.2 Å². The number of aromatic nitrogens is 2. The monoisotopic (exact) mass is 304 g/mol. The van der Waals surface area contributed by atoms with Crippen LogP contribution in [0.5, 0.6) is 0 Å². The molecule has 0 aliphatic carbocycles. The Balaban J connectivity index is 1.79. The molecule has 6 heteroatoms. The van der Waals surface area contributed by atoms with Gasteiger partial charge in [0.1, 0.15) is 0 Å². The molecular weight excluding hydrogens is 288 g/mol. The van der Waals surface area contributed by atoms with Gasteiger partial charge >= 0.3 is 0 Å². The van der Waals surface area contributed by atoms with Gasteiger partial charge in [-0.3, -0.25) is 4.79 Å². The zero-order valence-electron chi connectivity index (χ0n) is 11.6. The largest absolute Gasteiger partial charge is 0.336 e. The maximum absolute atomic E-state index is 12.5. The van der Waals surface area contributed by atoms with E-state index in [1.807, 2.05) is 29.2 Å². The van der Waals surface area contributed by atoms with E-state index in [-0.39, 0.29) is 5.91 Å². The average Bonchev–Trinajstić information content (AvgIpc) is 2.82. The van der Waals surface area contributed by atoms with Crippen molar-refractivity contribution in [2.24, 2.45) is 0 Å². The highest BCUT2D eigenvalue weighted by Crippen LogP contribution is 2.15. The van der Waals surface area contributed by atoms with Crippen LogP contribution < -0.4 is 5.32 Å². The average molecular weight is 305 g/mol. The summed E-state index contributed by atoms with van der Waals surface area (Å²) in [7, 11) is 0. The summed E-state index contributed by atoms with van der Waals surface area (Å²) in [6.45, 7) is 3.29. The summed E-state index contributed by atoms with van der Waals surface area (Å²) in [5.41, 5.74) is 1.32. The second-order valence-corrected chi connectivity index (χ2v) is 5.46. The van der Waals surface area contributed by atoms with Crippen LogP contribution in [0.1, 0.15) is 16.9 Å². The number of hydrogen-bond donors (Lipinski definition) is 1. The second kappa shape index (κ2) is 6.28. The van der Waals surface area contributed by atoms with E-state index in [9.17, 15) is 4.79 Å². The molecular formula is C15H17ClN4O. The molecule has 21 heavy (non-hydrogen) atoms. The molecule has 1 aliphatic rings. The summed E-state index contributed by atoms with van der Waals surface area (Å²) in [6, 6.07) is 9.15. The minimum absolute atomic E-state index is 0.0144. The van der Waals surface area contributed by atoms with Gasteiger partial charge in [-0.25, -0.2) is 4.68 Å². The van der Waals surface area contributed by atoms with E-state index in [0.717, 1.165) is 38.3 Å². The Morgan fingerprint density at radius 2 is 2.14 bits per heavy atom. The predicted octanol–water partition coefficient (Wildman–Crippen LogP) is 1.96. The number of nitrogens with one attached hydrogen (secondary N) is 1. The van der Waals surface area contributed by atoms with Crippen molar-refractivity contribution >= 4 is 17.5 Å². The van der Waals surface area contributed by atoms with Crippen LogP contribution in [0.2, 0.25) is 5.02 Å². The molecule has 1 fully saturated rings. The van der Waals surface area contributed by atoms with Crippen molar-refractivity contribution < 1.29 is 4.79 Å². The highest BCUT2D eigenvalue weighted by molar-refractivity contribution is 6.30. The van der Waals surface area contributed by atoms with Crippen LogP contribution >= 0.6 is 11.6 Å². The Kier molecular flexibility index (Phi) is 4.22. The van der Waals surface area contributed by atoms with Gasteiger partial charge in [0.25, 0.3) is 5.91 Å². The lowest BCUT2D eigenvalue weighted by Crippen LogP contribution is -2.34. The van der Waals surface area contributed by atoms with Gasteiger partial charge < -0.3 is 10.2 Å². The summed E-state index contributed by atoms with van der Waals surface area (Å²) in [5.74, 6) is -0.0144. The van der Waals surface area contributed by atoms with Gasteiger partial charge in [0.05, 0.1) is 5.69 Å². The van der Waals surface area contributed by atoms with Gasteiger partial charge in [-0.2, -0.15) is 5.10 Å². The maximum Gasteiger partial charge on any atom is 0.274 e. The fourth-order valence-electron chi connectivity index (χ4n) is 2.41. The number of carbonyl (C=O) groups is 1. The van der Waals surface area contributed by atoms with Gasteiger partial charge in [0.2, 0.25) is 0 Å². The number of carbonyl (C=O) groups excluding carboxylic acids is 1. The van der Waals surface area contributed by atoms with Gasteiger partial charge in [-0.15, -0.1) is 0 Å². The van der Waals surface area contributed by atoms with Crippen molar-refractivity contribution in [3.05, 3.63) is 47.2 Å². The van der Waals surface area contributed by atoms with Crippen LogP contribution in [0.15, 0.2) is 36.5 Å². The van der Waals surface area contributed by atoms with Crippen molar-refractivity contribution in [1.29, 1.82) is 0 Å². The Morgan fingerprint density at radius 3 is 3.00 bits per heavy atom. The van der Waals surface area contributed by atoms with Crippen molar-refractivity contribution in [1.82, 2.24) is 20.0 Å². The molecule has 1 aliphatic heterocycles. The lowest BCUT2D eigenvalue weighted by atomic mass is 10.3. The number of amides is 1. The Morgan fingerprint density at radius 1 is 1.24 bits per heavy atom. The molecule has 110 valence electrons. The molecule has 0 spiro atoms. The standard InChI is InChI=1S/C15H17ClN4O/c16-12-3-1-4-13(11-12)20-9-5-14(18-20)15(21)19-8-2-6-17-7-10-19/h1,3-5,9,11,17H,2,6-8,10H2. The van der Waals surface area contributed by atoms with Gasteiger partial charge in [-0.1, -0.05) is 17.7 Å². The Labute approximate surface area is 128 Å². The first-order chi connectivity index (χ1) is 10.2. The molecule has 0 bridgehead atoms. The molecule has 2 aromatic rings. The van der Waals surface area contributed by atoms with E-state index >= 15 is 0 Å². The number of benzene rings is 1. The minimum Gasteiger partial charge on any atom is -0.336 e. The van der Waals surface area contributed by atoms with Gasteiger partial charge in [0, 0.05) is 30.9 Å². The summed E-state index contributed by atoms with van der Waals surface area (Å²) in [6.07, 6.45) is 2.76. The van der Waals surface area contributed by atoms with Crippen molar-refractivity contribution in [3.63, 3.8) is 0 Å². The molecule has 1 saturated heterocycles. The number of halogens is 1. The van der Waals surface area contributed by atoms with Crippen LogP contribution in [-0.4, -0.2) is 46.8 Å². The zero-order valence-corrected chi connectivity index (χ0v) is 12.4. The molecule has 2 heterocycles. The molecule has 1 N–H and O–H groups in total. The smallest absolute Gasteiger partial charge is 0.274 e. The summed E-state index contributed by atoms with van der Waals surface area (Å²) < 4.78 is 1.68. The molecule has 1 amide bonds. The predicted molar refractivity (Wildman–Crippen MR) is 82.0 cm³/mol. The Bertz CT molecular complexity index is 632. The molecule has 0 unspecified atom stereocenters. The Hall–Kier alpha value is -1.85. The fourth-order valence-corrected chi connectivity index (χ4v) is 2.60. The molecule has 0 saturated carbocycles. The topological polar surface area (TPSA) is 50.2 Å². The summed E-state index contributed by atoms with van der Waals surface area (Å²) in [4.78, 5) is 14.3. The van der Waals surface area contributed by atoms with E-state index in [0.29, 0.717) is 10.7 Å². The number of nitrogens with zero attached hydrogens (tertiary/aromatic N) is 3. The quantitative estimate of drug-likeness (QED) is 0.923. The maximum atomic E-state index is 12.5. The summed E-state index contributed by atoms with van der Waals surface area (Å²) >= 11 is 5.98. The molecule has 0 atom stereocenters. The minimum atomic E-state index is -0.0144. The third-order valence-electron chi connectivity index (χ3n) is 3.51. The van der Waals surface area contributed by atoms with E-state index in [1.54, 1.807) is 16.9 Å². The van der Waals surface area contributed by atoms with Crippen molar-refractivity contribution in [3.8, 4) is 5.69 Å². The normalized spacial score (nSPS) is 15.8. The third kappa shape index (κ3) is 3.25. The molecule has 5 nitrogen and oxygen atoms in total. The highest BCUT2D eigenvalue weighted by atomic mass is 35.5. The number of hydrogen-bond acceptors (Lipinski definition) is 3. The zero-order chi connectivity index (χ0) is 14.7. The van der Waals surface area contributed by atoms with Crippen LogP contribution in [0.4, 0.5) is 0 Å². The fraction of sp³-hybridized carbons (Fsp3) is 0.333. The van der Waals surface area contributed by atoms with Crippen LogP contribution in [0, 0.1) is 0 Å². The first-order valence-corrected chi connectivity index (χ1v) is 7.43. The van der Waals surface area contributed by atoms with E-state index in [2.05, 4.69) is 10.4 Å². The van der Waals surface area contributed by atoms with Crippen molar-refractivity contribution in [2.45, 2.75) is 6.42 Å². The highest BCUT2D eigenvalue weighted by Gasteiger charge is 2.19. The molecule has 1 aromatic heterocycles. The van der Waals surface area contributed by atoms with Crippen LogP contribution in [0.3, 0.4) is 0 Å². The molecule has 3 rings (SSSR count). The lowest BCUT2D eigenvalue weighted by Gasteiger charge is -2.18. The summed E-state index contributed by atoms with van der Waals surface area (Å²) in [5, 5.41) is 8.31. The van der Waals surface area contributed by atoms with Crippen LogP contribution in [0.25, 0.3) is 5.69 Å². The first-order valence-electron chi connectivity index (χ1n) is 7.06. The number of rotatable bonds is 2. The van der Waals surface area contributed by atoms with E-state index < -0.39 is 0 Å². The SMILES string of the molecule is O=C(c1ccn(-c2cccc(Cl)c2)n1)N1CCCNCC1. The lowest BCUT2D eigenvalue weighted by molar-refractivity contribution is 0.0760. The van der Waals surface area contributed by atoms with Crippen LogP contribution in [-0.2, 0) is 0 Å². The van der Waals surface area contributed by atoms with Gasteiger partial charge in [-0.05, 0) is 37.2 Å².